The molecule has 0 spiro atoms. The highest BCUT2D eigenvalue weighted by atomic mass is 16.5. The van der Waals surface area contributed by atoms with Crippen LogP contribution in [0.2, 0.25) is 0 Å². The van der Waals surface area contributed by atoms with Gasteiger partial charge < -0.3 is 9.84 Å². The van der Waals surface area contributed by atoms with Crippen LogP contribution in [0.25, 0.3) is 0 Å². The Morgan fingerprint density at radius 3 is 2.57 bits per heavy atom. The molecule has 21 heavy (non-hydrogen) atoms. The maximum Gasteiger partial charge on any atom is 0.314 e. The van der Waals surface area contributed by atoms with Gasteiger partial charge in [-0.05, 0) is 43.7 Å². The van der Waals surface area contributed by atoms with Gasteiger partial charge in [-0.1, -0.05) is 44.7 Å². The summed E-state index contributed by atoms with van der Waals surface area (Å²) in [5, 5.41) is 9.64. The lowest BCUT2D eigenvalue weighted by Gasteiger charge is -2.27. The summed E-state index contributed by atoms with van der Waals surface area (Å²) < 4.78 is 5.33. The van der Waals surface area contributed by atoms with E-state index in [4.69, 9.17) is 4.74 Å². The number of hydrogen-bond acceptors (Lipinski definition) is 3. The number of aromatic hydroxyl groups is 1. The van der Waals surface area contributed by atoms with E-state index < -0.39 is 0 Å². The standard InChI is InChI=1S/C18H26O3/c1-2-3-4-7-14-10-12-15(13-11-14)18(20)21-17-9-6-5-8-16(17)19/h5-6,8-9,14-15,19H,2-4,7,10-13H2,1H3. The van der Waals surface area contributed by atoms with Crippen LogP contribution in [0.4, 0.5) is 0 Å². The summed E-state index contributed by atoms with van der Waals surface area (Å²) in [6.45, 7) is 2.23. The summed E-state index contributed by atoms with van der Waals surface area (Å²) >= 11 is 0. The zero-order chi connectivity index (χ0) is 15.1. The van der Waals surface area contributed by atoms with Gasteiger partial charge in [-0.15, -0.1) is 0 Å². The molecule has 1 N–H and O–H groups in total. The number of unbranched alkanes of at least 4 members (excludes halogenated alkanes) is 2. The van der Waals surface area contributed by atoms with Gasteiger partial charge in [0.15, 0.2) is 11.5 Å². The third kappa shape index (κ3) is 4.76. The van der Waals surface area contributed by atoms with E-state index in [0.29, 0.717) is 0 Å². The molecular weight excluding hydrogens is 264 g/mol. The second-order valence-electron chi connectivity index (χ2n) is 6.10. The number of benzene rings is 1. The van der Waals surface area contributed by atoms with Crippen molar-refractivity contribution in [1.82, 2.24) is 0 Å². The number of carbonyl (C=O) groups excluding carboxylic acids is 1. The van der Waals surface area contributed by atoms with Crippen LogP contribution in [0, 0.1) is 11.8 Å². The Labute approximate surface area is 127 Å². The molecule has 1 aromatic carbocycles. The van der Waals surface area contributed by atoms with Crippen LogP contribution in [0.3, 0.4) is 0 Å². The number of carbonyl (C=O) groups is 1. The van der Waals surface area contributed by atoms with Crippen LogP contribution in [-0.2, 0) is 4.79 Å². The lowest BCUT2D eigenvalue weighted by Crippen LogP contribution is -2.25. The molecule has 2 rings (SSSR count). The molecular formula is C18H26O3. The lowest BCUT2D eigenvalue weighted by molar-refractivity contribution is -0.140. The second-order valence-corrected chi connectivity index (χ2v) is 6.10. The molecule has 3 heteroatoms. The van der Waals surface area contributed by atoms with Gasteiger partial charge in [0.1, 0.15) is 0 Å². The van der Waals surface area contributed by atoms with Gasteiger partial charge in [0.25, 0.3) is 0 Å². The van der Waals surface area contributed by atoms with Crippen molar-refractivity contribution in [2.45, 2.75) is 58.3 Å². The summed E-state index contributed by atoms with van der Waals surface area (Å²) in [6.07, 6.45) is 9.29. The summed E-state index contributed by atoms with van der Waals surface area (Å²) in [5.74, 6) is 0.882. The fourth-order valence-electron chi connectivity index (χ4n) is 3.11. The molecule has 1 aliphatic carbocycles. The van der Waals surface area contributed by atoms with Crippen molar-refractivity contribution in [2.24, 2.45) is 11.8 Å². The first kappa shape index (κ1) is 15.9. The van der Waals surface area contributed by atoms with Gasteiger partial charge >= 0.3 is 5.97 Å². The molecule has 0 radical (unpaired) electrons. The van der Waals surface area contributed by atoms with Crippen molar-refractivity contribution in [3.63, 3.8) is 0 Å². The first-order valence-corrected chi connectivity index (χ1v) is 8.20. The number of ether oxygens (including phenoxy) is 1. The topological polar surface area (TPSA) is 46.5 Å². The van der Waals surface area contributed by atoms with Gasteiger partial charge in [-0.3, -0.25) is 4.79 Å². The van der Waals surface area contributed by atoms with Crippen molar-refractivity contribution in [3.05, 3.63) is 24.3 Å². The van der Waals surface area contributed by atoms with Crippen LogP contribution in [0.1, 0.15) is 58.3 Å². The Balaban J connectivity index is 1.77. The van der Waals surface area contributed by atoms with Crippen molar-refractivity contribution >= 4 is 5.97 Å². The molecule has 0 unspecified atom stereocenters. The Hall–Kier alpha value is -1.51. The maximum atomic E-state index is 12.2. The normalized spacial score (nSPS) is 22.0. The number of hydrogen-bond donors (Lipinski definition) is 1. The number of phenolic OH excluding ortho intramolecular Hbond substituents is 1. The fraction of sp³-hybridized carbons (Fsp3) is 0.611. The summed E-state index contributed by atoms with van der Waals surface area (Å²) in [7, 11) is 0. The van der Waals surface area contributed by atoms with Crippen LogP contribution < -0.4 is 4.74 Å². The second kappa shape index (κ2) is 8.06. The minimum absolute atomic E-state index is 0.00738. The molecule has 0 aromatic heterocycles. The molecule has 116 valence electrons. The molecule has 0 saturated heterocycles. The average molecular weight is 290 g/mol. The van der Waals surface area contributed by atoms with Gasteiger partial charge in [0.2, 0.25) is 0 Å². The minimum atomic E-state index is -0.191. The molecule has 1 aliphatic rings. The van der Waals surface area contributed by atoms with Gasteiger partial charge in [0.05, 0.1) is 5.92 Å². The predicted octanol–water partition coefficient (Wildman–Crippen LogP) is 4.68. The first-order valence-electron chi connectivity index (χ1n) is 8.20. The minimum Gasteiger partial charge on any atom is -0.504 e. The third-order valence-electron chi connectivity index (χ3n) is 4.47. The smallest absolute Gasteiger partial charge is 0.314 e. The lowest BCUT2D eigenvalue weighted by atomic mass is 9.80. The maximum absolute atomic E-state index is 12.2. The van der Waals surface area contributed by atoms with Gasteiger partial charge in [-0.2, -0.15) is 0 Å². The third-order valence-corrected chi connectivity index (χ3v) is 4.47. The number of esters is 1. The number of phenols is 1. The molecule has 3 nitrogen and oxygen atoms in total. The van der Waals surface area contributed by atoms with E-state index in [1.54, 1.807) is 18.2 Å². The first-order chi connectivity index (χ1) is 10.2. The Morgan fingerprint density at radius 2 is 1.90 bits per heavy atom. The van der Waals surface area contributed by atoms with Crippen molar-refractivity contribution in [2.75, 3.05) is 0 Å². The molecule has 0 amide bonds. The van der Waals surface area contributed by atoms with Crippen molar-refractivity contribution in [3.8, 4) is 11.5 Å². The van der Waals surface area contributed by atoms with Gasteiger partial charge in [0, 0.05) is 0 Å². The molecule has 1 fully saturated rings. The largest absolute Gasteiger partial charge is 0.504 e. The molecule has 1 aromatic rings. The zero-order valence-corrected chi connectivity index (χ0v) is 12.9. The molecule has 0 bridgehead atoms. The van der Waals surface area contributed by atoms with Crippen LogP contribution in [0.5, 0.6) is 11.5 Å². The molecule has 0 aliphatic heterocycles. The van der Waals surface area contributed by atoms with E-state index >= 15 is 0 Å². The molecule has 0 heterocycles. The van der Waals surface area contributed by atoms with E-state index in [-0.39, 0.29) is 23.4 Å². The number of rotatable bonds is 6. The highest BCUT2D eigenvalue weighted by Gasteiger charge is 2.27. The Kier molecular flexibility index (Phi) is 6.09. The molecule has 1 saturated carbocycles. The molecule has 0 atom stereocenters. The zero-order valence-electron chi connectivity index (χ0n) is 12.9. The Morgan fingerprint density at radius 1 is 1.19 bits per heavy atom. The number of para-hydroxylation sites is 2. The van der Waals surface area contributed by atoms with E-state index in [2.05, 4.69) is 6.92 Å². The monoisotopic (exact) mass is 290 g/mol. The predicted molar refractivity (Wildman–Crippen MR) is 83.3 cm³/mol. The van der Waals surface area contributed by atoms with Crippen molar-refractivity contribution < 1.29 is 14.6 Å². The van der Waals surface area contributed by atoms with Crippen LogP contribution >= 0.6 is 0 Å². The van der Waals surface area contributed by atoms with Crippen LogP contribution in [-0.4, -0.2) is 11.1 Å². The van der Waals surface area contributed by atoms with Crippen LogP contribution in [0.15, 0.2) is 24.3 Å². The van der Waals surface area contributed by atoms with E-state index in [9.17, 15) is 9.90 Å². The summed E-state index contributed by atoms with van der Waals surface area (Å²) in [4.78, 5) is 12.2. The summed E-state index contributed by atoms with van der Waals surface area (Å²) in [5.41, 5.74) is 0. The highest BCUT2D eigenvalue weighted by molar-refractivity contribution is 5.75. The van der Waals surface area contributed by atoms with Gasteiger partial charge in [-0.25, -0.2) is 0 Å². The quantitative estimate of drug-likeness (QED) is 0.470. The summed E-state index contributed by atoms with van der Waals surface area (Å²) in [6, 6.07) is 6.64. The van der Waals surface area contributed by atoms with Crippen molar-refractivity contribution in [1.29, 1.82) is 0 Å². The SMILES string of the molecule is CCCCCC1CCC(C(=O)Oc2ccccc2O)CC1. The van der Waals surface area contributed by atoms with E-state index in [1.165, 1.54) is 31.7 Å². The van der Waals surface area contributed by atoms with E-state index in [1.807, 2.05) is 0 Å². The van der Waals surface area contributed by atoms with E-state index in [0.717, 1.165) is 31.6 Å². The Bertz CT molecular complexity index is 448. The average Bonchev–Trinajstić information content (AvgIpc) is 2.50. The fourth-order valence-corrected chi connectivity index (χ4v) is 3.11. The highest BCUT2D eigenvalue weighted by Crippen LogP contribution is 2.34.